The van der Waals surface area contributed by atoms with Gasteiger partial charge in [-0.15, -0.1) is 0 Å². The highest BCUT2D eigenvalue weighted by molar-refractivity contribution is 6.30. The van der Waals surface area contributed by atoms with Crippen LogP contribution in [0.1, 0.15) is 22.7 Å². The molecule has 0 fully saturated rings. The minimum Gasteiger partial charge on any atom is -0.271 e. The number of nitrogens with one attached hydrogen (secondary N) is 1. The van der Waals surface area contributed by atoms with Crippen molar-refractivity contribution in [3.05, 3.63) is 64.4 Å². The van der Waals surface area contributed by atoms with E-state index in [2.05, 4.69) is 10.4 Å². The number of aromatic nitrogens is 1. The van der Waals surface area contributed by atoms with E-state index in [0.717, 1.165) is 18.5 Å². The highest BCUT2D eigenvalue weighted by Gasteiger charge is 2.35. The van der Waals surface area contributed by atoms with Crippen molar-refractivity contribution < 1.29 is 13.2 Å². The van der Waals surface area contributed by atoms with Crippen molar-refractivity contribution in [2.45, 2.75) is 12.2 Å². The van der Waals surface area contributed by atoms with Crippen molar-refractivity contribution in [3.63, 3.8) is 0 Å². The number of benzene rings is 1. The van der Waals surface area contributed by atoms with Crippen LogP contribution in [0.3, 0.4) is 0 Å². The second-order valence-corrected chi connectivity index (χ2v) is 4.55. The van der Waals surface area contributed by atoms with E-state index in [4.69, 9.17) is 17.4 Å². The van der Waals surface area contributed by atoms with E-state index < -0.39 is 17.8 Å². The quantitative estimate of drug-likeness (QED) is 0.675. The second-order valence-electron chi connectivity index (χ2n) is 4.11. The van der Waals surface area contributed by atoms with E-state index >= 15 is 0 Å². The number of hydrogen-bond acceptors (Lipinski definition) is 3. The van der Waals surface area contributed by atoms with Crippen molar-refractivity contribution >= 4 is 11.6 Å². The number of halogens is 4. The Hall–Kier alpha value is -1.63. The third kappa shape index (κ3) is 3.09. The first kappa shape index (κ1) is 14.8. The molecule has 0 saturated carbocycles. The first-order valence-electron chi connectivity index (χ1n) is 5.66. The standard InChI is InChI=1S/C13H11ClF3N3/c14-9-3-1-8(2-4-9)12(20-18)10-7-19-6-5-11(10)13(15,16)17/h1-7,12,20H,18H2. The molecule has 1 aromatic carbocycles. The van der Waals surface area contributed by atoms with Gasteiger partial charge in [-0.2, -0.15) is 13.2 Å². The van der Waals surface area contributed by atoms with Gasteiger partial charge in [0.25, 0.3) is 0 Å². The number of nitrogens with zero attached hydrogens (tertiary/aromatic N) is 1. The molecule has 0 aliphatic rings. The zero-order valence-corrected chi connectivity index (χ0v) is 10.9. The molecule has 2 rings (SSSR count). The fourth-order valence-corrected chi connectivity index (χ4v) is 2.04. The normalized spacial score (nSPS) is 13.2. The molecule has 1 atom stereocenters. The van der Waals surface area contributed by atoms with Crippen LogP contribution in [-0.2, 0) is 6.18 Å². The molecule has 0 saturated heterocycles. The maximum absolute atomic E-state index is 13.0. The summed E-state index contributed by atoms with van der Waals surface area (Å²) in [5.41, 5.74) is 2.14. The molecule has 0 spiro atoms. The Balaban J connectivity index is 2.50. The molecule has 3 nitrogen and oxygen atoms in total. The number of hydrogen-bond donors (Lipinski definition) is 2. The molecule has 0 amide bonds. The fraction of sp³-hybridized carbons (Fsp3) is 0.154. The van der Waals surface area contributed by atoms with E-state index in [1.165, 1.54) is 0 Å². The van der Waals surface area contributed by atoms with Gasteiger partial charge in [-0.25, -0.2) is 5.43 Å². The zero-order valence-electron chi connectivity index (χ0n) is 10.2. The van der Waals surface area contributed by atoms with Crippen LogP contribution in [0.25, 0.3) is 0 Å². The Morgan fingerprint density at radius 2 is 1.80 bits per heavy atom. The summed E-state index contributed by atoms with van der Waals surface area (Å²) in [6, 6.07) is 6.50. The van der Waals surface area contributed by atoms with Crippen molar-refractivity contribution in [1.82, 2.24) is 10.4 Å². The maximum Gasteiger partial charge on any atom is 0.416 e. The van der Waals surface area contributed by atoms with E-state index in [-0.39, 0.29) is 5.56 Å². The van der Waals surface area contributed by atoms with Crippen LogP contribution in [0.15, 0.2) is 42.7 Å². The largest absolute Gasteiger partial charge is 0.416 e. The predicted octanol–water partition coefficient (Wildman–Crippen LogP) is 3.31. The van der Waals surface area contributed by atoms with Crippen molar-refractivity contribution in [2.75, 3.05) is 0 Å². The van der Waals surface area contributed by atoms with Gasteiger partial charge in [0.05, 0.1) is 11.6 Å². The van der Waals surface area contributed by atoms with Gasteiger partial charge in [-0.3, -0.25) is 10.8 Å². The maximum atomic E-state index is 13.0. The summed E-state index contributed by atoms with van der Waals surface area (Å²) in [5.74, 6) is 5.41. The van der Waals surface area contributed by atoms with Crippen LogP contribution in [0, 0.1) is 0 Å². The molecular weight excluding hydrogens is 291 g/mol. The van der Waals surface area contributed by atoms with Crippen LogP contribution in [0.2, 0.25) is 5.02 Å². The van der Waals surface area contributed by atoms with Gasteiger partial charge < -0.3 is 0 Å². The highest BCUT2D eigenvalue weighted by atomic mass is 35.5. The first-order chi connectivity index (χ1) is 9.43. The molecule has 0 radical (unpaired) electrons. The minimum absolute atomic E-state index is 0.0372. The Morgan fingerprint density at radius 1 is 1.15 bits per heavy atom. The molecule has 0 aliphatic carbocycles. The fourth-order valence-electron chi connectivity index (χ4n) is 1.92. The van der Waals surface area contributed by atoms with Gasteiger partial charge in [0, 0.05) is 23.0 Å². The summed E-state index contributed by atoms with van der Waals surface area (Å²) < 4.78 is 39.0. The summed E-state index contributed by atoms with van der Waals surface area (Å²) in [4.78, 5) is 3.75. The number of rotatable bonds is 3. The smallest absolute Gasteiger partial charge is 0.271 e. The summed E-state index contributed by atoms with van der Waals surface area (Å²) in [6.07, 6.45) is -2.22. The molecule has 3 N–H and O–H groups in total. The molecule has 1 aromatic heterocycles. The lowest BCUT2D eigenvalue weighted by atomic mass is 9.96. The molecule has 1 unspecified atom stereocenters. The topological polar surface area (TPSA) is 50.9 Å². The summed E-state index contributed by atoms with van der Waals surface area (Å²) in [5, 5.41) is 0.492. The molecule has 20 heavy (non-hydrogen) atoms. The van der Waals surface area contributed by atoms with Gasteiger partial charge in [0.15, 0.2) is 0 Å². The van der Waals surface area contributed by atoms with Gasteiger partial charge in [-0.05, 0) is 23.8 Å². The molecule has 0 bridgehead atoms. The lowest BCUT2D eigenvalue weighted by Gasteiger charge is -2.21. The van der Waals surface area contributed by atoms with Crippen LogP contribution in [0.5, 0.6) is 0 Å². The number of alkyl halides is 3. The molecular formula is C13H11ClF3N3. The second kappa shape index (κ2) is 5.78. The van der Waals surface area contributed by atoms with E-state index in [1.807, 2.05) is 0 Å². The minimum atomic E-state index is -4.47. The molecule has 0 aliphatic heterocycles. The van der Waals surface area contributed by atoms with Gasteiger partial charge in [-0.1, -0.05) is 23.7 Å². The van der Waals surface area contributed by atoms with E-state index in [1.54, 1.807) is 24.3 Å². The third-order valence-electron chi connectivity index (χ3n) is 2.84. The number of pyridine rings is 1. The van der Waals surface area contributed by atoms with Crippen molar-refractivity contribution in [2.24, 2.45) is 5.84 Å². The van der Waals surface area contributed by atoms with E-state index in [9.17, 15) is 13.2 Å². The Bertz CT molecular complexity index is 584. The lowest BCUT2D eigenvalue weighted by Crippen LogP contribution is -2.30. The third-order valence-corrected chi connectivity index (χ3v) is 3.09. The lowest BCUT2D eigenvalue weighted by molar-refractivity contribution is -0.138. The molecule has 1 heterocycles. The molecule has 7 heteroatoms. The van der Waals surface area contributed by atoms with Gasteiger partial charge in [0.2, 0.25) is 0 Å². The van der Waals surface area contributed by atoms with Gasteiger partial charge >= 0.3 is 6.18 Å². The van der Waals surface area contributed by atoms with Crippen molar-refractivity contribution in [3.8, 4) is 0 Å². The Morgan fingerprint density at radius 3 is 2.35 bits per heavy atom. The predicted molar refractivity (Wildman–Crippen MR) is 69.9 cm³/mol. The Labute approximate surface area is 118 Å². The number of nitrogens with two attached hydrogens (primary N) is 1. The average molecular weight is 302 g/mol. The molecule has 2 aromatic rings. The average Bonchev–Trinajstić information content (AvgIpc) is 2.41. The van der Waals surface area contributed by atoms with Gasteiger partial charge in [0.1, 0.15) is 0 Å². The van der Waals surface area contributed by atoms with Crippen LogP contribution >= 0.6 is 11.6 Å². The van der Waals surface area contributed by atoms with Crippen LogP contribution in [0.4, 0.5) is 13.2 Å². The monoisotopic (exact) mass is 301 g/mol. The Kier molecular flexibility index (Phi) is 4.27. The zero-order chi connectivity index (χ0) is 14.8. The van der Waals surface area contributed by atoms with Crippen LogP contribution in [-0.4, -0.2) is 4.98 Å². The van der Waals surface area contributed by atoms with E-state index in [0.29, 0.717) is 10.6 Å². The van der Waals surface area contributed by atoms with Crippen LogP contribution < -0.4 is 11.3 Å². The summed E-state index contributed by atoms with van der Waals surface area (Å²) in [7, 11) is 0. The SMILES string of the molecule is NNC(c1ccc(Cl)cc1)c1cnccc1C(F)(F)F. The first-order valence-corrected chi connectivity index (χ1v) is 6.04. The molecule has 106 valence electrons. The highest BCUT2D eigenvalue weighted by Crippen LogP contribution is 2.35. The number of hydrazine groups is 1. The summed E-state index contributed by atoms with van der Waals surface area (Å²) >= 11 is 5.77. The summed E-state index contributed by atoms with van der Waals surface area (Å²) in [6.45, 7) is 0. The van der Waals surface area contributed by atoms with Crippen molar-refractivity contribution in [1.29, 1.82) is 0 Å².